The number of rotatable bonds is 1. The minimum Gasteiger partial charge on any atom is -0.306 e. The summed E-state index contributed by atoms with van der Waals surface area (Å²) in [5.41, 5.74) is 1.88. The third-order valence-corrected chi connectivity index (χ3v) is 2.98. The summed E-state index contributed by atoms with van der Waals surface area (Å²) < 4.78 is 0. The van der Waals surface area contributed by atoms with E-state index in [1.54, 1.807) is 6.20 Å². The van der Waals surface area contributed by atoms with Crippen LogP contribution in [0.25, 0.3) is 0 Å². The molecule has 1 aliphatic heterocycles. The van der Waals surface area contributed by atoms with Crippen LogP contribution in [0.1, 0.15) is 29.9 Å². The number of likely N-dealkylation sites (tertiary alicyclic amines) is 1. The summed E-state index contributed by atoms with van der Waals surface area (Å²) in [5.74, 6) is 0.546. The molecule has 2 heterocycles. The van der Waals surface area contributed by atoms with E-state index in [4.69, 9.17) is 5.26 Å². The average molecular weight is 201 g/mol. The second-order valence-corrected chi connectivity index (χ2v) is 4.22. The molecule has 0 aliphatic carbocycles. The standard InChI is InChI=1S/C12H15N3/c1-15-4-2-3-11(9-15)12-5-10(6-13)7-14-8-12/h5,7-8,11H,2-4,9H2,1H3. The maximum atomic E-state index is 8.81. The summed E-state index contributed by atoms with van der Waals surface area (Å²) in [6.45, 7) is 2.26. The van der Waals surface area contributed by atoms with Gasteiger partial charge in [0.15, 0.2) is 0 Å². The Morgan fingerprint density at radius 1 is 1.53 bits per heavy atom. The molecule has 15 heavy (non-hydrogen) atoms. The lowest BCUT2D eigenvalue weighted by molar-refractivity contribution is 0.250. The van der Waals surface area contributed by atoms with E-state index in [0.717, 1.165) is 6.54 Å². The van der Waals surface area contributed by atoms with Gasteiger partial charge in [0.05, 0.1) is 5.56 Å². The first-order valence-electron chi connectivity index (χ1n) is 5.33. The van der Waals surface area contributed by atoms with E-state index in [1.807, 2.05) is 12.3 Å². The molecule has 0 bridgehead atoms. The quantitative estimate of drug-likeness (QED) is 0.695. The molecule has 3 heteroatoms. The van der Waals surface area contributed by atoms with Crippen LogP contribution in [-0.2, 0) is 0 Å². The molecule has 0 radical (unpaired) electrons. The molecule has 0 aromatic carbocycles. The topological polar surface area (TPSA) is 39.9 Å². The second kappa shape index (κ2) is 4.41. The molecule has 0 amide bonds. The predicted molar refractivity (Wildman–Crippen MR) is 58.4 cm³/mol. The second-order valence-electron chi connectivity index (χ2n) is 4.22. The van der Waals surface area contributed by atoms with Crippen molar-refractivity contribution in [3.8, 4) is 6.07 Å². The van der Waals surface area contributed by atoms with Gasteiger partial charge in [0.1, 0.15) is 6.07 Å². The highest BCUT2D eigenvalue weighted by molar-refractivity contribution is 5.31. The van der Waals surface area contributed by atoms with Crippen LogP contribution in [-0.4, -0.2) is 30.0 Å². The van der Waals surface area contributed by atoms with Crippen LogP contribution in [0.5, 0.6) is 0 Å². The van der Waals surface area contributed by atoms with Gasteiger partial charge in [0, 0.05) is 18.9 Å². The van der Waals surface area contributed by atoms with Crippen molar-refractivity contribution in [2.24, 2.45) is 0 Å². The van der Waals surface area contributed by atoms with Crippen LogP contribution in [0.4, 0.5) is 0 Å². The first-order chi connectivity index (χ1) is 7.29. The molecule has 1 aromatic heterocycles. The molecule has 0 spiro atoms. The Kier molecular flexibility index (Phi) is 2.98. The third kappa shape index (κ3) is 2.34. The van der Waals surface area contributed by atoms with Crippen LogP contribution >= 0.6 is 0 Å². The molecule has 1 unspecified atom stereocenters. The Hall–Kier alpha value is -1.40. The molecule has 1 aromatic rings. The van der Waals surface area contributed by atoms with E-state index in [2.05, 4.69) is 23.0 Å². The highest BCUT2D eigenvalue weighted by Crippen LogP contribution is 2.25. The fourth-order valence-electron chi connectivity index (χ4n) is 2.18. The molecule has 3 nitrogen and oxygen atoms in total. The highest BCUT2D eigenvalue weighted by atomic mass is 15.1. The van der Waals surface area contributed by atoms with Gasteiger partial charge in [0.2, 0.25) is 0 Å². The highest BCUT2D eigenvalue weighted by Gasteiger charge is 2.19. The summed E-state index contributed by atoms with van der Waals surface area (Å²) in [6, 6.07) is 4.11. The van der Waals surface area contributed by atoms with Gasteiger partial charge in [0.25, 0.3) is 0 Å². The zero-order valence-electron chi connectivity index (χ0n) is 8.98. The maximum Gasteiger partial charge on any atom is 0.101 e. The predicted octanol–water partition coefficient (Wildman–Crippen LogP) is 1.76. The van der Waals surface area contributed by atoms with Gasteiger partial charge in [-0.05, 0) is 44.0 Å². The van der Waals surface area contributed by atoms with Crippen molar-refractivity contribution >= 4 is 0 Å². The summed E-state index contributed by atoms with van der Waals surface area (Å²) in [5, 5.41) is 8.81. The Morgan fingerprint density at radius 3 is 3.13 bits per heavy atom. The minimum atomic E-state index is 0.546. The molecule has 0 N–H and O–H groups in total. The molecular weight excluding hydrogens is 186 g/mol. The normalized spacial score (nSPS) is 22.3. The first kappa shape index (κ1) is 10.1. The molecule has 1 atom stereocenters. The number of likely N-dealkylation sites (N-methyl/N-ethyl adjacent to an activating group) is 1. The lowest BCUT2D eigenvalue weighted by Gasteiger charge is -2.29. The Morgan fingerprint density at radius 2 is 2.40 bits per heavy atom. The van der Waals surface area contributed by atoms with Gasteiger partial charge in [-0.15, -0.1) is 0 Å². The zero-order valence-corrected chi connectivity index (χ0v) is 8.98. The summed E-state index contributed by atoms with van der Waals surface area (Å²) in [6.07, 6.45) is 5.96. The molecule has 2 rings (SSSR count). The van der Waals surface area contributed by atoms with Gasteiger partial charge >= 0.3 is 0 Å². The molecule has 0 saturated carbocycles. The summed E-state index contributed by atoms with van der Waals surface area (Å²) in [7, 11) is 2.15. The molecule has 1 aliphatic rings. The maximum absolute atomic E-state index is 8.81. The van der Waals surface area contributed by atoms with Crippen LogP contribution in [0.3, 0.4) is 0 Å². The van der Waals surface area contributed by atoms with Gasteiger partial charge < -0.3 is 4.90 Å². The van der Waals surface area contributed by atoms with E-state index in [9.17, 15) is 0 Å². The van der Waals surface area contributed by atoms with E-state index in [0.29, 0.717) is 11.5 Å². The van der Waals surface area contributed by atoms with Crippen molar-refractivity contribution in [3.63, 3.8) is 0 Å². The van der Waals surface area contributed by atoms with Crippen LogP contribution in [0.15, 0.2) is 18.5 Å². The van der Waals surface area contributed by atoms with E-state index >= 15 is 0 Å². The summed E-state index contributed by atoms with van der Waals surface area (Å²) in [4.78, 5) is 6.46. The van der Waals surface area contributed by atoms with Gasteiger partial charge in [-0.25, -0.2) is 0 Å². The van der Waals surface area contributed by atoms with Gasteiger partial charge in [-0.1, -0.05) is 0 Å². The van der Waals surface area contributed by atoms with Crippen molar-refractivity contribution in [1.82, 2.24) is 9.88 Å². The number of pyridine rings is 1. The van der Waals surface area contributed by atoms with Crippen LogP contribution in [0, 0.1) is 11.3 Å². The van der Waals surface area contributed by atoms with E-state index in [1.165, 1.54) is 24.9 Å². The average Bonchev–Trinajstić information content (AvgIpc) is 2.29. The van der Waals surface area contributed by atoms with Crippen molar-refractivity contribution in [2.75, 3.05) is 20.1 Å². The number of nitrogens with zero attached hydrogens (tertiary/aromatic N) is 3. The largest absolute Gasteiger partial charge is 0.306 e. The fraction of sp³-hybridized carbons (Fsp3) is 0.500. The fourth-order valence-corrected chi connectivity index (χ4v) is 2.18. The van der Waals surface area contributed by atoms with Crippen LogP contribution < -0.4 is 0 Å². The lowest BCUT2D eigenvalue weighted by atomic mass is 9.91. The Balaban J connectivity index is 2.18. The van der Waals surface area contributed by atoms with Crippen molar-refractivity contribution in [1.29, 1.82) is 5.26 Å². The number of nitriles is 1. The number of piperidine rings is 1. The Labute approximate surface area is 90.4 Å². The zero-order chi connectivity index (χ0) is 10.7. The first-order valence-corrected chi connectivity index (χ1v) is 5.33. The lowest BCUT2D eigenvalue weighted by Crippen LogP contribution is -2.30. The van der Waals surface area contributed by atoms with Crippen molar-refractivity contribution in [3.05, 3.63) is 29.6 Å². The molecular formula is C12H15N3. The molecule has 78 valence electrons. The van der Waals surface area contributed by atoms with Gasteiger partial charge in [-0.3, -0.25) is 4.98 Å². The number of aromatic nitrogens is 1. The monoisotopic (exact) mass is 201 g/mol. The smallest absolute Gasteiger partial charge is 0.101 e. The third-order valence-electron chi connectivity index (χ3n) is 2.98. The molecule has 1 saturated heterocycles. The number of hydrogen-bond donors (Lipinski definition) is 0. The van der Waals surface area contributed by atoms with Gasteiger partial charge in [-0.2, -0.15) is 5.26 Å². The van der Waals surface area contributed by atoms with E-state index < -0.39 is 0 Å². The number of hydrogen-bond acceptors (Lipinski definition) is 3. The van der Waals surface area contributed by atoms with Crippen LogP contribution in [0.2, 0.25) is 0 Å². The Bertz CT molecular complexity index is 381. The summed E-state index contributed by atoms with van der Waals surface area (Å²) >= 11 is 0. The van der Waals surface area contributed by atoms with Crippen molar-refractivity contribution in [2.45, 2.75) is 18.8 Å². The van der Waals surface area contributed by atoms with E-state index in [-0.39, 0.29) is 0 Å². The molecule has 1 fully saturated rings. The minimum absolute atomic E-state index is 0.546. The SMILES string of the molecule is CN1CCCC(c2cncc(C#N)c2)C1. The van der Waals surface area contributed by atoms with Crippen molar-refractivity contribution < 1.29 is 0 Å².